The average Bonchev–Trinajstić information content (AvgIpc) is 3.15. The molecule has 0 spiro atoms. The van der Waals surface area contributed by atoms with E-state index in [-0.39, 0.29) is 29.4 Å². The Morgan fingerprint density at radius 2 is 1.87 bits per heavy atom. The van der Waals surface area contributed by atoms with Crippen LogP contribution in [0, 0.1) is 5.92 Å². The summed E-state index contributed by atoms with van der Waals surface area (Å²) >= 11 is 0. The van der Waals surface area contributed by atoms with Crippen molar-refractivity contribution in [1.82, 2.24) is 14.9 Å². The Bertz CT molecular complexity index is 971. The van der Waals surface area contributed by atoms with Gasteiger partial charge in [-0.2, -0.15) is 4.98 Å². The smallest absolute Gasteiger partial charge is 0.405 e. The third-order valence-corrected chi connectivity index (χ3v) is 6.96. The monoisotopic (exact) mass is 462 g/mol. The highest BCUT2D eigenvalue weighted by molar-refractivity contribution is 7.90. The van der Waals surface area contributed by atoms with Crippen molar-refractivity contribution in [1.29, 1.82) is 0 Å². The minimum Gasteiger partial charge on any atom is -0.405 e. The second kappa shape index (κ2) is 9.43. The van der Waals surface area contributed by atoms with Gasteiger partial charge in [0.2, 0.25) is 15.8 Å². The lowest BCUT2D eigenvalue weighted by Gasteiger charge is -2.28. The summed E-state index contributed by atoms with van der Waals surface area (Å²) in [6, 6.07) is 5.73. The second-order valence-electron chi connectivity index (χ2n) is 7.77. The first-order valence-electron chi connectivity index (χ1n) is 9.97. The number of sulfonamides is 1. The number of para-hydroxylation sites is 1. The standard InChI is InChI=1S/C19H25F3N4O4S/c1-12(2)31(27,28)23-11-13-7-9-14(10-8-13)24-18-25-17(26-30-18)15-5-3-4-6-16(15)29-19(20,21)22/h3-6,12-14,23H,7-11H2,1-2H3,(H,24,25,26). The SMILES string of the molecule is CC(C)S(=O)(=O)NCC1CCC(Nc2nc(-c3ccccc3OC(F)(F)F)no2)CC1. The fraction of sp³-hybridized carbons (Fsp3) is 0.579. The van der Waals surface area contributed by atoms with Gasteiger partial charge < -0.3 is 14.6 Å². The summed E-state index contributed by atoms with van der Waals surface area (Å²) in [5, 5.41) is 6.40. The van der Waals surface area contributed by atoms with Crippen molar-refractivity contribution in [3.8, 4) is 17.1 Å². The Labute approximate surface area is 178 Å². The van der Waals surface area contributed by atoms with E-state index in [2.05, 4.69) is 24.9 Å². The molecule has 2 aromatic rings. The first kappa shape index (κ1) is 23.3. The van der Waals surface area contributed by atoms with Gasteiger partial charge in [0.1, 0.15) is 5.75 Å². The Morgan fingerprint density at radius 1 is 1.19 bits per heavy atom. The van der Waals surface area contributed by atoms with Crippen molar-refractivity contribution in [3.05, 3.63) is 24.3 Å². The lowest BCUT2D eigenvalue weighted by Crippen LogP contribution is -2.37. The van der Waals surface area contributed by atoms with Crippen LogP contribution in [-0.4, -0.2) is 42.8 Å². The van der Waals surface area contributed by atoms with Crippen molar-refractivity contribution in [3.63, 3.8) is 0 Å². The normalized spacial score (nSPS) is 20.1. The molecule has 0 unspecified atom stereocenters. The molecule has 0 saturated heterocycles. The van der Waals surface area contributed by atoms with Gasteiger partial charge in [-0.1, -0.05) is 17.3 Å². The highest BCUT2D eigenvalue weighted by atomic mass is 32.2. The molecule has 31 heavy (non-hydrogen) atoms. The zero-order valence-corrected chi connectivity index (χ0v) is 18.0. The highest BCUT2D eigenvalue weighted by Crippen LogP contribution is 2.33. The summed E-state index contributed by atoms with van der Waals surface area (Å²) in [5.74, 6) is -0.179. The molecule has 1 aromatic carbocycles. The zero-order valence-electron chi connectivity index (χ0n) is 17.1. The van der Waals surface area contributed by atoms with E-state index >= 15 is 0 Å². The summed E-state index contributed by atoms with van der Waals surface area (Å²) in [7, 11) is -3.28. The molecule has 0 aliphatic heterocycles. The van der Waals surface area contributed by atoms with Crippen molar-refractivity contribution in [2.75, 3.05) is 11.9 Å². The highest BCUT2D eigenvalue weighted by Gasteiger charge is 2.33. The topological polar surface area (TPSA) is 106 Å². The van der Waals surface area contributed by atoms with E-state index in [1.54, 1.807) is 19.9 Å². The number of alkyl halides is 3. The first-order valence-corrected chi connectivity index (χ1v) is 11.5. The predicted octanol–water partition coefficient (Wildman–Crippen LogP) is 3.93. The second-order valence-corrected chi connectivity index (χ2v) is 10.1. The predicted molar refractivity (Wildman–Crippen MR) is 108 cm³/mol. The number of ether oxygens (including phenoxy) is 1. The molecule has 0 amide bonds. The number of anilines is 1. The third-order valence-electron chi connectivity index (χ3n) is 5.15. The molecule has 1 aliphatic rings. The summed E-state index contributed by atoms with van der Waals surface area (Å²) in [6.07, 6.45) is -1.63. The largest absolute Gasteiger partial charge is 0.573 e. The number of rotatable bonds is 8. The molecule has 3 rings (SSSR count). The molecule has 2 N–H and O–H groups in total. The molecular formula is C19H25F3N4O4S. The zero-order chi connectivity index (χ0) is 22.6. The Hall–Kier alpha value is -2.34. The molecule has 1 saturated carbocycles. The molecule has 1 aromatic heterocycles. The molecule has 0 atom stereocenters. The van der Waals surface area contributed by atoms with Gasteiger partial charge in [0.15, 0.2) is 0 Å². The molecular weight excluding hydrogens is 437 g/mol. The van der Waals surface area contributed by atoms with Crippen LogP contribution in [0.3, 0.4) is 0 Å². The third kappa shape index (κ3) is 6.57. The van der Waals surface area contributed by atoms with Crippen molar-refractivity contribution >= 4 is 16.0 Å². The number of benzene rings is 1. The maximum Gasteiger partial charge on any atom is 0.573 e. The number of nitrogens with one attached hydrogen (secondary N) is 2. The summed E-state index contributed by atoms with van der Waals surface area (Å²) in [6.45, 7) is 3.68. The lowest BCUT2D eigenvalue weighted by molar-refractivity contribution is -0.274. The van der Waals surface area contributed by atoms with E-state index in [0.717, 1.165) is 25.7 Å². The fourth-order valence-electron chi connectivity index (χ4n) is 3.34. The van der Waals surface area contributed by atoms with E-state index in [0.29, 0.717) is 6.54 Å². The molecule has 8 nitrogen and oxygen atoms in total. The van der Waals surface area contributed by atoms with Crippen molar-refractivity contribution in [2.45, 2.75) is 57.2 Å². The van der Waals surface area contributed by atoms with E-state index in [1.165, 1.54) is 18.2 Å². The maximum absolute atomic E-state index is 12.6. The lowest BCUT2D eigenvalue weighted by atomic mass is 9.86. The van der Waals surface area contributed by atoms with Gasteiger partial charge in [0.05, 0.1) is 10.8 Å². The van der Waals surface area contributed by atoms with Crippen LogP contribution in [0.25, 0.3) is 11.4 Å². The fourth-order valence-corrected chi connectivity index (χ4v) is 4.14. The number of nitrogens with zero attached hydrogens (tertiary/aromatic N) is 2. The van der Waals surface area contributed by atoms with E-state index < -0.39 is 27.4 Å². The Kier molecular flexibility index (Phi) is 7.10. The van der Waals surface area contributed by atoms with E-state index in [9.17, 15) is 21.6 Å². The molecule has 172 valence electrons. The molecule has 12 heteroatoms. The molecule has 1 fully saturated rings. The van der Waals surface area contributed by atoms with Crippen LogP contribution >= 0.6 is 0 Å². The van der Waals surface area contributed by atoms with Gasteiger partial charge in [-0.05, 0) is 57.6 Å². The minimum atomic E-state index is -4.83. The van der Waals surface area contributed by atoms with Gasteiger partial charge in [-0.15, -0.1) is 13.2 Å². The quantitative estimate of drug-likeness (QED) is 0.612. The average molecular weight is 462 g/mol. The molecule has 0 radical (unpaired) electrons. The van der Waals surface area contributed by atoms with Crippen LogP contribution in [-0.2, 0) is 10.0 Å². The summed E-state index contributed by atoms with van der Waals surface area (Å²) in [4.78, 5) is 4.14. The van der Waals surface area contributed by atoms with Crippen LogP contribution < -0.4 is 14.8 Å². The van der Waals surface area contributed by atoms with Gasteiger partial charge in [-0.25, -0.2) is 13.1 Å². The molecule has 1 heterocycles. The van der Waals surface area contributed by atoms with Gasteiger partial charge in [-0.3, -0.25) is 0 Å². The number of hydrogen-bond donors (Lipinski definition) is 2. The Balaban J connectivity index is 1.55. The summed E-state index contributed by atoms with van der Waals surface area (Å²) in [5.41, 5.74) is 0.0674. The summed E-state index contributed by atoms with van der Waals surface area (Å²) < 4.78 is 73.4. The number of hydrogen-bond acceptors (Lipinski definition) is 7. The van der Waals surface area contributed by atoms with Crippen molar-refractivity contribution < 1.29 is 30.8 Å². The van der Waals surface area contributed by atoms with Crippen LogP contribution in [0.1, 0.15) is 39.5 Å². The number of halogens is 3. The van der Waals surface area contributed by atoms with Crippen LogP contribution in [0.5, 0.6) is 5.75 Å². The van der Waals surface area contributed by atoms with Crippen molar-refractivity contribution in [2.24, 2.45) is 5.92 Å². The van der Waals surface area contributed by atoms with Gasteiger partial charge in [0, 0.05) is 12.6 Å². The molecule has 0 bridgehead atoms. The van der Waals surface area contributed by atoms with E-state index in [4.69, 9.17) is 4.52 Å². The van der Waals surface area contributed by atoms with E-state index in [1.807, 2.05) is 0 Å². The van der Waals surface area contributed by atoms with Gasteiger partial charge in [0.25, 0.3) is 0 Å². The minimum absolute atomic E-state index is 0.0147. The first-order chi connectivity index (χ1) is 14.5. The van der Waals surface area contributed by atoms with Crippen LogP contribution in [0.4, 0.5) is 19.2 Å². The Morgan fingerprint density at radius 3 is 2.52 bits per heavy atom. The van der Waals surface area contributed by atoms with Crippen LogP contribution in [0.15, 0.2) is 28.8 Å². The maximum atomic E-state index is 12.6. The van der Waals surface area contributed by atoms with Crippen LogP contribution in [0.2, 0.25) is 0 Å². The number of aromatic nitrogens is 2. The van der Waals surface area contributed by atoms with Gasteiger partial charge >= 0.3 is 12.4 Å². The molecule has 1 aliphatic carbocycles.